The second-order valence-electron chi connectivity index (χ2n) is 8.37. The Bertz CT molecular complexity index is 320. The molecule has 0 aliphatic carbocycles. The molecule has 0 aromatic rings. The van der Waals surface area contributed by atoms with Gasteiger partial charge in [0.05, 0.1) is 6.61 Å². The Hall–Kier alpha value is -0.570. The van der Waals surface area contributed by atoms with Crippen molar-refractivity contribution in [3.63, 3.8) is 0 Å². The third kappa shape index (κ3) is 18.8. The predicted molar refractivity (Wildman–Crippen MR) is 123 cm³/mol. The Morgan fingerprint density at radius 1 is 0.643 bits per heavy atom. The van der Waals surface area contributed by atoms with Gasteiger partial charge < -0.3 is 10.1 Å². The number of carbonyl (C=O) groups excluding carboxylic acids is 1. The average Bonchev–Trinajstić information content (AvgIpc) is 2.70. The standard InChI is InChI=1S/C25H51NO2/c1-4-7-9-10-11-12-13-14-15-16-17-18-19-20-21-22-24(26-6-3)25(27)28-23-8-5-2/h24,26H,4-23H2,1-3H3. The molecule has 0 bridgehead atoms. The van der Waals surface area contributed by atoms with Crippen LogP contribution in [-0.2, 0) is 9.53 Å². The van der Waals surface area contributed by atoms with Crippen molar-refractivity contribution in [2.45, 2.75) is 142 Å². The molecule has 0 saturated heterocycles. The first kappa shape index (κ1) is 27.4. The third-order valence-electron chi connectivity index (χ3n) is 5.57. The molecule has 1 N–H and O–H groups in total. The third-order valence-corrected chi connectivity index (χ3v) is 5.57. The maximum atomic E-state index is 12.1. The lowest BCUT2D eigenvalue weighted by Crippen LogP contribution is -2.38. The number of ether oxygens (including phenoxy) is 1. The quantitative estimate of drug-likeness (QED) is 0.151. The zero-order valence-corrected chi connectivity index (χ0v) is 19.5. The van der Waals surface area contributed by atoms with Crippen molar-refractivity contribution in [1.82, 2.24) is 5.32 Å². The van der Waals surface area contributed by atoms with Crippen molar-refractivity contribution < 1.29 is 9.53 Å². The monoisotopic (exact) mass is 397 g/mol. The van der Waals surface area contributed by atoms with E-state index in [1.54, 1.807) is 0 Å². The molecule has 28 heavy (non-hydrogen) atoms. The summed E-state index contributed by atoms with van der Waals surface area (Å²) in [4.78, 5) is 12.1. The van der Waals surface area contributed by atoms with Crippen LogP contribution >= 0.6 is 0 Å². The molecule has 0 spiro atoms. The highest BCUT2D eigenvalue weighted by molar-refractivity contribution is 5.75. The number of unbranched alkanes of at least 4 members (excludes halogenated alkanes) is 15. The van der Waals surface area contributed by atoms with Gasteiger partial charge in [0.15, 0.2) is 0 Å². The number of hydrogen-bond acceptors (Lipinski definition) is 3. The summed E-state index contributed by atoms with van der Waals surface area (Å²) < 4.78 is 5.37. The van der Waals surface area contributed by atoms with Gasteiger partial charge in [-0.25, -0.2) is 0 Å². The van der Waals surface area contributed by atoms with Crippen LogP contribution in [0.25, 0.3) is 0 Å². The Balaban J connectivity index is 3.42. The average molecular weight is 398 g/mol. The van der Waals surface area contributed by atoms with Gasteiger partial charge in [-0.15, -0.1) is 0 Å². The summed E-state index contributed by atoms with van der Waals surface area (Å²) in [5.41, 5.74) is 0. The van der Waals surface area contributed by atoms with Crippen molar-refractivity contribution in [1.29, 1.82) is 0 Å². The van der Waals surface area contributed by atoms with E-state index in [9.17, 15) is 4.79 Å². The fourth-order valence-corrected chi connectivity index (χ4v) is 3.69. The molecule has 0 rings (SSSR count). The SMILES string of the molecule is CCCCCCCCCCCCCCCCCC(NCC)C(=O)OCCCC. The van der Waals surface area contributed by atoms with Gasteiger partial charge in [0, 0.05) is 0 Å². The van der Waals surface area contributed by atoms with Crippen LogP contribution in [0.5, 0.6) is 0 Å². The fourth-order valence-electron chi connectivity index (χ4n) is 3.69. The van der Waals surface area contributed by atoms with Crippen LogP contribution in [0.2, 0.25) is 0 Å². The number of nitrogens with one attached hydrogen (secondary N) is 1. The topological polar surface area (TPSA) is 38.3 Å². The number of rotatable bonds is 22. The summed E-state index contributed by atoms with van der Waals surface area (Å²) in [5.74, 6) is -0.0549. The molecule has 1 unspecified atom stereocenters. The van der Waals surface area contributed by atoms with Crippen LogP contribution < -0.4 is 5.32 Å². The minimum absolute atomic E-state index is 0.0549. The van der Waals surface area contributed by atoms with Crippen molar-refractivity contribution >= 4 is 5.97 Å². The van der Waals surface area contributed by atoms with E-state index in [0.717, 1.165) is 32.2 Å². The molecule has 0 amide bonds. The van der Waals surface area contributed by atoms with E-state index < -0.39 is 0 Å². The lowest BCUT2D eigenvalue weighted by Gasteiger charge is -2.16. The van der Waals surface area contributed by atoms with Crippen LogP contribution in [0.4, 0.5) is 0 Å². The summed E-state index contributed by atoms with van der Waals surface area (Å²) in [5, 5.41) is 3.28. The molecule has 1 atom stereocenters. The molecule has 0 radical (unpaired) electrons. The van der Waals surface area contributed by atoms with Crippen LogP contribution in [-0.4, -0.2) is 25.2 Å². The van der Waals surface area contributed by atoms with E-state index in [0.29, 0.717) is 6.61 Å². The first-order chi connectivity index (χ1) is 13.8. The minimum Gasteiger partial charge on any atom is -0.465 e. The molecule has 3 heteroatoms. The largest absolute Gasteiger partial charge is 0.465 e. The van der Waals surface area contributed by atoms with Crippen LogP contribution in [0.1, 0.15) is 136 Å². The number of esters is 1. The predicted octanol–water partition coefficient (Wildman–Crippen LogP) is 7.57. The zero-order valence-electron chi connectivity index (χ0n) is 19.5. The maximum Gasteiger partial charge on any atom is 0.323 e. The summed E-state index contributed by atoms with van der Waals surface area (Å²) in [6.45, 7) is 7.85. The Labute approximate surface area is 176 Å². The van der Waals surface area contributed by atoms with E-state index in [1.165, 1.54) is 89.9 Å². The molecule has 3 nitrogen and oxygen atoms in total. The fraction of sp³-hybridized carbons (Fsp3) is 0.960. The summed E-state index contributed by atoms with van der Waals surface area (Å²) in [6, 6.07) is -0.108. The summed E-state index contributed by atoms with van der Waals surface area (Å²) >= 11 is 0. The highest BCUT2D eigenvalue weighted by Crippen LogP contribution is 2.14. The van der Waals surface area contributed by atoms with Gasteiger partial charge in [-0.05, 0) is 19.4 Å². The molecule has 0 aliphatic heterocycles. The number of carbonyl (C=O) groups is 1. The molecular weight excluding hydrogens is 346 g/mol. The lowest BCUT2D eigenvalue weighted by molar-refractivity contribution is -0.146. The van der Waals surface area contributed by atoms with Crippen LogP contribution in [0, 0.1) is 0 Å². The highest BCUT2D eigenvalue weighted by Gasteiger charge is 2.17. The van der Waals surface area contributed by atoms with Crippen LogP contribution in [0.3, 0.4) is 0 Å². The molecule has 168 valence electrons. The highest BCUT2D eigenvalue weighted by atomic mass is 16.5. The normalized spacial score (nSPS) is 12.2. The summed E-state index contributed by atoms with van der Waals surface area (Å²) in [6.07, 6.45) is 23.6. The molecule has 0 fully saturated rings. The van der Waals surface area contributed by atoms with Crippen molar-refractivity contribution in [3.8, 4) is 0 Å². The maximum absolute atomic E-state index is 12.1. The molecule has 0 aromatic carbocycles. The zero-order chi connectivity index (χ0) is 20.7. The second kappa shape index (κ2) is 22.7. The van der Waals surface area contributed by atoms with E-state index in [4.69, 9.17) is 4.74 Å². The first-order valence-electron chi connectivity index (χ1n) is 12.7. The van der Waals surface area contributed by atoms with Crippen LogP contribution in [0.15, 0.2) is 0 Å². The van der Waals surface area contributed by atoms with Gasteiger partial charge in [0.25, 0.3) is 0 Å². The van der Waals surface area contributed by atoms with Crippen molar-refractivity contribution in [3.05, 3.63) is 0 Å². The van der Waals surface area contributed by atoms with E-state index >= 15 is 0 Å². The lowest BCUT2D eigenvalue weighted by atomic mass is 10.0. The Morgan fingerprint density at radius 2 is 1.07 bits per heavy atom. The van der Waals surface area contributed by atoms with E-state index in [-0.39, 0.29) is 12.0 Å². The Kier molecular flexibility index (Phi) is 22.3. The van der Waals surface area contributed by atoms with Crippen molar-refractivity contribution in [2.75, 3.05) is 13.2 Å². The number of hydrogen-bond donors (Lipinski definition) is 1. The van der Waals surface area contributed by atoms with Gasteiger partial charge in [0.1, 0.15) is 6.04 Å². The van der Waals surface area contributed by atoms with Gasteiger partial charge in [-0.2, -0.15) is 0 Å². The number of likely N-dealkylation sites (N-methyl/N-ethyl adjacent to an activating group) is 1. The van der Waals surface area contributed by atoms with E-state index in [1.807, 2.05) is 0 Å². The summed E-state index contributed by atoms with van der Waals surface area (Å²) in [7, 11) is 0. The Morgan fingerprint density at radius 3 is 1.50 bits per heavy atom. The molecule has 0 aliphatic rings. The first-order valence-corrected chi connectivity index (χ1v) is 12.7. The molecular formula is C25H51NO2. The van der Waals surface area contributed by atoms with Gasteiger partial charge in [-0.3, -0.25) is 4.79 Å². The molecule has 0 heterocycles. The smallest absolute Gasteiger partial charge is 0.323 e. The molecule has 0 saturated carbocycles. The second-order valence-corrected chi connectivity index (χ2v) is 8.37. The van der Waals surface area contributed by atoms with Gasteiger partial charge in [-0.1, -0.05) is 124 Å². The molecule has 0 aromatic heterocycles. The van der Waals surface area contributed by atoms with Gasteiger partial charge >= 0.3 is 5.97 Å². The minimum atomic E-state index is -0.108. The van der Waals surface area contributed by atoms with E-state index in [2.05, 4.69) is 26.1 Å². The van der Waals surface area contributed by atoms with Crippen molar-refractivity contribution in [2.24, 2.45) is 0 Å². The van der Waals surface area contributed by atoms with Gasteiger partial charge in [0.2, 0.25) is 0 Å².